The van der Waals surface area contributed by atoms with Gasteiger partial charge in [0, 0.05) is 0 Å². The van der Waals surface area contributed by atoms with E-state index in [0.717, 1.165) is 3.63 Å². The van der Waals surface area contributed by atoms with Gasteiger partial charge in [-0.25, -0.2) is 0 Å². The summed E-state index contributed by atoms with van der Waals surface area (Å²) in [7, 11) is 0. The molecule has 1 aliphatic carbocycles. The quantitative estimate of drug-likeness (QED) is 0.455. The Bertz CT molecular complexity index is 444. The molecule has 0 heterocycles. The van der Waals surface area contributed by atoms with Crippen LogP contribution in [-0.4, -0.2) is 5.92 Å². The first-order valence-electron chi connectivity index (χ1n) is 6.70. The molecule has 0 N–H and O–H groups in total. The van der Waals surface area contributed by atoms with Gasteiger partial charge in [-0.15, -0.1) is 0 Å². The predicted molar refractivity (Wildman–Crippen MR) is 75.6 cm³/mol. The van der Waals surface area contributed by atoms with Crippen LogP contribution in [0.15, 0.2) is 29.8 Å². The van der Waals surface area contributed by atoms with Gasteiger partial charge in [0.15, 0.2) is 0 Å². The first kappa shape index (κ1) is 20.0. The number of benzene rings is 1. The van der Waals surface area contributed by atoms with Crippen LogP contribution in [0, 0.1) is 0 Å². The molecule has 19 heavy (non-hydrogen) atoms. The van der Waals surface area contributed by atoms with E-state index in [2.05, 4.69) is 51.2 Å². The van der Waals surface area contributed by atoms with E-state index < -0.39 is 0 Å². The Labute approximate surface area is 151 Å². The van der Waals surface area contributed by atoms with E-state index in [0.29, 0.717) is 0 Å². The molecule has 0 aromatic heterocycles. The Balaban J connectivity index is 0.00000162. The van der Waals surface area contributed by atoms with Crippen molar-refractivity contribution in [3.8, 4) is 0 Å². The van der Waals surface area contributed by atoms with Gasteiger partial charge in [0.05, 0.1) is 0 Å². The standard InChI is InChI=1S/C13H15.C2H7Si.2BrH.Zr/c1-3-6-11-9-12-7-4-5-8-13(12)10(11)2;1-3-2;;;/h4-5,7-9H,3,6H2,1-2H3;3H,1-2H3;2*1H;/q;;;;+2/p-2. The number of fused-ring (bicyclic) bond motifs is 1. The van der Waals surface area contributed by atoms with Crippen molar-refractivity contribution in [1.82, 2.24) is 0 Å². The summed E-state index contributed by atoms with van der Waals surface area (Å²) in [6.45, 7) is 9.77. The Morgan fingerprint density at radius 2 is 1.79 bits per heavy atom. The van der Waals surface area contributed by atoms with Gasteiger partial charge >= 0.3 is 118 Å². The molecule has 0 spiro atoms. The Hall–Kier alpha value is 1.02. The fraction of sp³-hybridized carbons (Fsp3) is 0.467. The first-order chi connectivity index (χ1) is 8.15. The summed E-state index contributed by atoms with van der Waals surface area (Å²) >= 11 is -0.205. The number of hydrogen-bond donors (Lipinski definition) is 0. The minimum Gasteiger partial charge on any atom is -1.00 e. The van der Waals surface area contributed by atoms with Crippen molar-refractivity contribution in [1.29, 1.82) is 0 Å². The second kappa shape index (κ2) is 9.12. The molecule has 0 saturated heterocycles. The maximum absolute atomic E-state index is 2.55. The molecule has 0 fully saturated rings. The zero-order valence-corrected chi connectivity index (χ0v) is 18.9. The molecule has 2 rings (SSSR count). The minimum atomic E-state index is -0.337. The molecule has 104 valence electrons. The monoisotopic (exact) mass is 478 g/mol. The van der Waals surface area contributed by atoms with Crippen LogP contribution in [0.5, 0.6) is 0 Å². The van der Waals surface area contributed by atoms with Crippen LogP contribution in [0.2, 0.25) is 13.1 Å². The van der Waals surface area contributed by atoms with Crippen molar-refractivity contribution in [2.45, 2.75) is 43.4 Å². The third-order valence-corrected chi connectivity index (χ3v) is 13.5. The van der Waals surface area contributed by atoms with E-state index in [9.17, 15) is 0 Å². The van der Waals surface area contributed by atoms with Crippen LogP contribution in [0.3, 0.4) is 0 Å². The van der Waals surface area contributed by atoms with E-state index in [1.165, 1.54) is 12.8 Å². The van der Waals surface area contributed by atoms with Crippen LogP contribution in [0.25, 0.3) is 5.57 Å². The molecule has 0 saturated carbocycles. The Morgan fingerprint density at radius 3 is 2.37 bits per heavy atom. The summed E-state index contributed by atoms with van der Waals surface area (Å²) in [6, 6.07) is 9.16. The molecular weight excluding hydrogens is 459 g/mol. The molecule has 1 aromatic carbocycles. The molecule has 4 heteroatoms. The summed E-state index contributed by atoms with van der Waals surface area (Å²) in [5.41, 5.74) is 6.67. The molecule has 0 amide bonds. The molecular formula is C15H22Br2SiZr. The van der Waals surface area contributed by atoms with Crippen molar-refractivity contribution in [2.24, 2.45) is 0 Å². The minimum absolute atomic E-state index is 0. The second-order valence-corrected chi connectivity index (χ2v) is 20.3. The SMILES string of the molecule is CCCC1=C(C)c2ccccc2[CH]1[Zr+2][SiH](C)C.[Br-].[Br-]. The maximum Gasteiger partial charge on any atom is -1.00 e. The zero-order valence-electron chi connectivity index (χ0n) is 12.1. The van der Waals surface area contributed by atoms with E-state index in [1.807, 2.05) is 0 Å². The summed E-state index contributed by atoms with van der Waals surface area (Å²) < 4.78 is 0.918. The molecule has 1 aromatic rings. The molecule has 0 aliphatic heterocycles. The largest absolute Gasteiger partial charge is 1.00 e. The Morgan fingerprint density at radius 1 is 1.16 bits per heavy atom. The normalized spacial score (nSPS) is 16.6. The fourth-order valence-corrected chi connectivity index (χ4v) is 13.1. The van der Waals surface area contributed by atoms with Crippen molar-refractivity contribution in [3.63, 3.8) is 0 Å². The topological polar surface area (TPSA) is 0 Å². The van der Waals surface area contributed by atoms with Gasteiger partial charge < -0.3 is 34.0 Å². The van der Waals surface area contributed by atoms with Gasteiger partial charge in [-0.2, -0.15) is 0 Å². The number of rotatable bonds is 4. The van der Waals surface area contributed by atoms with Crippen molar-refractivity contribution < 1.29 is 56.4 Å². The van der Waals surface area contributed by atoms with Gasteiger partial charge in [0.2, 0.25) is 0 Å². The fourth-order valence-electron chi connectivity index (χ4n) is 2.79. The van der Waals surface area contributed by atoms with Crippen LogP contribution >= 0.6 is 0 Å². The zero-order chi connectivity index (χ0) is 12.4. The van der Waals surface area contributed by atoms with Crippen LogP contribution in [-0.2, 0) is 22.4 Å². The smallest absolute Gasteiger partial charge is 1.00 e. The predicted octanol–water partition coefficient (Wildman–Crippen LogP) is -1.61. The first-order valence-corrected chi connectivity index (χ1v) is 15.3. The van der Waals surface area contributed by atoms with E-state index in [4.69, 9.17) is 0 Å². The average Bonchev–Trinajstić information content (AvgIpc) is 2.55. The van der Waals surface area contributed by atoms with Crippen LogP contribution in [0.1, 0.15) is 41.4 Å². The van der Waals surface area contributed by atoms with Gasteiger partial charge in [-0.05, 0) is 0 Å². The molecule has 0 radical (unpaired) electrons. The van der Waals surface area contributed by atoms with Crippen LogP contribution in [0.4, 0.5) is 0 Å². The van der Waals surface area contributed by atoms with Crippen molar-refractivity contribution in [3.05, 3.63) is 41.0 Å². The van der Waals surface area contributed by atoms with Gasteiger partial charge in [0.1, 0.15) is 0 Å². The van der Waals surface area contributed by atoms with Crippen molar-refractivity contribution >= 4 is 11.5 Å². The molecule has 1 unspecified atom stereocenters. The summed E-state index contributed by atoms with van der Waals surface area (Å²) in [5.74, 6) is -0.337. The van der Waals surface area contributed by atoms with Crippen LogP contribution < -0.4 is 34.0 Å². The number of hydrogen-bond acceptors (Lipinski definition) is 0. The molecule has 0 nitrogen and oxygen atoms in total. The number of halogens is 2. The maximum atomic E-state index is 2.55. The third-order valence-electron chi connectivity index (χ3n) is 3.53. The van der Waals surface area contributed by atoms with Crippen molar-refractivity contribution in [2.75, 3.05) is 0 Å². The van der Waals surface area contributed by atoms with Gasteiger partial charge in [-0.1, -0.05) is 0 Å². The van der Waals surface area contributed by atoms with Gasteiger partial charge in [-0.3, -0.25) is 0 Å². The second-order valence-electron chi connectivity index (χ2n) is 5.24. The molecule has 0 bridgehead atoms. The van der Waals surface area contributed by atoms with E-state index in [-0.39, 0.29) is 62.3 Å². The third kappa shape index (κ3) is 4.49. The molecule has 1 aliphatic rings. The van der Waals surface area contributed by atoms with E-state index in [1.54, 1.807) is 22.3 Å². The summed E-state index contributed by atoms with van der Waals surface area (Å²) in [5, 5.41) is 0. The summed E-state index contributed by atoms with van der Waals surface area (Å²) in [4.78, 5) is 0. The van der Waals surface area contributed by atoms with E-state index >= 15 is 0 Å². The average molecular weight is 481 g/mol. The van der Waals surface area contributed by atoms with Gasteiger partial charge in [0.25, 0.3) is 0 Å². The summed E-state index contributed by atoms with van der Waals surface area (Å²) in [6.07, 6.45) is 2.63. The Kier molecular flexibility index (Phi) is 9.61. The molecule has 1 atom stereocenters. The number of allylic oxidation sites excluding steroid dienone is 2.